The third-order valence-corrected chi connectivity index (χ3v) is 1.34. The average molecular weight is 161 g/mol. The Labute approximate surface area is 63.0 Å². The highest BCUT2D eigenvalue weighted by atomic mass is 35.5. The number of hydrogen-bond acceptors (Lipinski definition) is 2. The predicted molar refractivity (Wildman–Crippen MR) is 38.8 cm³/mol. The monoisotopic (exact) mass is 160 g/mol. The summed E-state index contributed by atoms with van der Waals surface area (Å²) >= 11 is 5.37. The molecule has 1 N–H and O–H groups in total. The molecule has 10 heavy (non-hydrogen) atoms. The first kappa shape index (κ1) is 7.28. The standard InChI is InChI=1S/C6H6ClFN2/c1-9-5-3-2-4(7)6(8)10-5/h2-3H,1H3,(H,9,10). The van der Waals surface area contributed by atoms with Gasteiger partial charge in [0.15, 0.2) is 0 Å². The van der Waals surface area contributed by atoms with Crippen molar-refractivity contribution in [2.45, 2.75) is 0 Å². The van der Waals surface area contributed by atoms with Gasteiger partial charge in [0.1, 0.15) is 5.82 Å². The molecule has 0 unspecified atom stereocenters. The van der Waals surface area contributed by atoms with Crippen molar-refractivity contribution in [1.82, 2.24) is 4.98 Å². The van der Waals surface area contributed by atoms with Gasteiger partial charge < -0.3 is 5.32 Å². The summed E-state index contributed by atoms with van der Waals surface area (Å²) in [7, 11) is 1.66. The second-order valence-corrected chi connectivity index (χ2v) is 2.13. The number of aromatic nitrogens is 1. The lowest BCUT2D eigenvalue weighted by molar-refractivity contribution is 0.586. The van der Waals surface area contributed by atoms with Crippen LogP contribution >= 0.6 is 11.6 Å². The molecule has 0 saturated heterocycles. The molecule has 1 aromatic rings. The summed E-state index contributed by atoms with van der Waals surface area (Å²) in [5, 5.41) is 2.73. The van der Waals surface area contributed by atoms with Gasteiger partial charge in [-0.3, -0.25) is 0 Å². The van der Waals surface area contributed by atoms with Crippen molar-refractivity contribution in [1.29, 1.82) is 0 Å². The van der Waals surface area contributed by atoms with Crippen molar-refractivity contribution < 1.29 is 4.39 Å². The van der Waals surface area contributed by atoms with Crippen molar-refractivity contribution in [3.8, 4) is 0 Å². The van der Waals surface area contributed by atoms with Gasteiger partial charge in [0, 0.05) is 7.05 Å². The summed E-state index contributed by atoms with van der Waals surface area (Å²) in [5.74, 6) is -0.171. The van der Waals surface area contributed by atoms with E-state index in [0.717, 1.165) is 0 Å². The Morgan fingerprint density at radius 1 is 1.60 bits per heavy atom. The summed E-state index contributed by atoms with van der Waals surface area (Å²) < 4.78 is 12.5. The number of anilines is 1. The molecule has 0 atom stereocenters. The normalized spacial score (nSPS) is 9.50. The van der Waals surface area contributed by atoms with Gasteiger partial charge in [-0.05, 0) is 12.1 Å². The summed E-state index contributed by atoms with van der Waals surface area (Å²) in [5.41, 5.74) is 0. The van der Waals surface area contributed by atoms with Crippen LogP contribution in [0, 0.1) is 5.95 Å². The number of rotatable bonds is 1. The van der Waals surface area contributed by atoms with E-state index in [-0.39, 0.29) is 5.02 Å². The number of pyridine rings is 1. The molecule has 0 bridgehead atoms. The van der Waals surface area contributed by atoms with E-state index in [2.05, 4.69) is 10.3 Å². The van der Waals surface area contributed by atoms with E-state index in [4.69, 9.17) is 11.6 Å². The van der Waals surface area contributed by atoms with Crippen LogP contribution in [0.1, 0.15) is 0 Å². The summed E-state index contributed by atoms with van der Waals surface area (Å²) in [6.45, 7) is 0. The predicted octanol–water partition coefficient (Wildman–Crippen LogP) is 1.92. The lowest BCUT2D eigenvalue weighted by Gasteiger charge is -1.97. The largest absolute Gasteiger partial charge is 0.373 e. The fraction of sp³-hybridized carbons (Fsp3) is 0.167. The zero-order valence-electron chi connectivity index (χ0n) is 5.36. The van der Waals surface area contributed by atoms with E-state index < -0.39 is 5.95 Å². The lowest BCUT2D eigenvalue weighted by Crippen LogP contribution is -1.93. The summed E-state index contributed by atoms with van der Waals surface area (Å²) in [4.78, 5) is 3.48. The van der Waals surface area contributed by atoms with Gasteiger partial charge in [0.05, 0.1) is 5.02 Å². The maximum Gasteiger partial charge on any atom is 0.233 e. The van der Waals surface area contributed by atoms with Crippen molar-refractivity contribution >= 4 is 17.4 Å². The van der Waals surface area contributed by atoms with E-state index in [1.54, 1.807) is 13.1 Å². The van der Waals surface area contributed by atoms with Crippen molar-refractivity contribution in [3.05, 3.63) is 23.1 Å². The Kier molecular flexibility index (Phi) is 2.06. The van der Waals surface area contributed by atoms with E-state index >= 15 is 0 Å². The number of nitrogens with one attached hydrogen (secondary N) is 1. The molecule has 1 rings (SSSR count). The molecule has 0 aliphatic rings. The van der Waals surface area contributed by atoms with Gasteiger partial charge in [0.2, 0.25) is 5.95 Å². The Morgan fingerprint density at radius 2 is 2.30 bits per heavy atom. The Morgan fingerprint density at radius 3 is 2.80 bits per heavy atom. The zero-order valence-corrected chi connectivity index (χ0v) is 6.11. The van der Waals surface area contributed by atoms with E-state index in [1.165, 1.54) is 6.07 Å². The van der Waals surface area contributed by atoms with Crippen LogP contribution in [0.15, 0.2) is 12.1 Å². The van der Waals surface area contributed by atoms with Crippen LogP contribution in [0.25, 0.3) is 0 Å². The molecule has 1 aromatic heterocycles. The van der Waals surface area contributed by atoms with Crippen LogP contribution in [0.4, 0.5) is 10.2 Å². The third kappa shape index (κ3) is 1.36. The van der Waals surface area contributed by atoms with Gasteiger partial charge in [-0.15, -0.1) is 0 Å². The van der Waals surface area contributed by atoms with Crippen LogP contribution < -0.4 is 5.32 Å². The molecular formula is C6H6ClFN2. The smallest absolute Gasteiger partial charge is 0.233 e. The molecule has 0 fully saturated rings. The molecular weight excluding hydrogens is 155 g/mol. The molecule has 2 nitrogen and oxygen atoms in total. The highest BCUT2D eigenvalue weighted by molar-refractivity contribution is 6.30. The zero-order chi connectivity index (χ0) is 7.56. The molecule has 4 heteroatoms. The molecule has 1 heterocycles. The van der Waals surface area contributed by atoms with Crippen LogP contribution in [0.2, 0.25) is 5.02 Å². The Bertz CT molecular complexity index is 239. The van der Waals surface area contributed by atoms with Gasteiger partial charge in [-0.25, -0.2) is 4.98 Å². The topological polar surface area (TPSA) is 24.9 Å². The number of halogens is 2. The van der Waals surface area contributed by atoms with Gasteiger partial charge in [-0.1, -0.05) is 11.6 Å². The fourth-order valence-corrected chi connectivity index (χ4v) is 0.662. The van der Waals surface area contributed by atoms with Crippen molar-refractivity contribution in [2.24, 2.45) is 0 Å². The van der Waals surface area contributed by atoms with Crippen LogP contribution in [0.5, 0.6) is 0 Å². The van der Waals surface area contributed by atoms with E-state index in [0.29, 0.717) is 5.82 Å². The third-order valence-electron chi connectivity index (χ3n) is 1.06. The second kappa shape index (κ2) is 2.84. The van der Waals surface area contributed by atoms with Gasteiger partial charge in [0.25, 0.3) is 0 Å². The number of hydrogen-bond donors (Lipinski definition) is 1. The maximum atomic E-state index is 12.5. The molecule has 0 amide bonds. The molecule has 0 radical (unpaired) electrons. The van der Waals surface area contributed by atoms with Crippen LogP contribution in [0.3, 0.4) is 0 Å². The first-order chi connectivity index (χ1) is 4.74. The van der Waals surface area contributed by atoms with E-state index in [1.807, 2.05) is 0 Å². The van der Waals surface area contributed by atoms with E-state index in [9.17, 15) is 4.39 Å². The molecule has 0 spiro atoms. The Balaban J connectivity index is 3.04. The molecule has 0 saturated carbocycles. The maximum absolute atomic E-state index is 12.5. The van der Waals surface area contributed by atoms with Crippen molar-refractivity contribution in [3.63, 3.8) is 0 Å². The molecule has 54 valence electrons. The minimum absolute atomic E-state index is 0.0407. The van der Waals surface area contributed by atoms with Crippen LogP contribution in [-0.4, -0.2) is 12.0 Å². The van der Waals surface area contributed by atoms with Crippen LogP contribution in [-0.2, 0) is 0 Å². The molecule has 0 aliphatic carbocycles. The Hall–Kier alpha value is -0.830. The van der Waals surface area contributed by atoms with Crippen molar-refractivity contribution in [2.75, 3.05) is 12.4 Å². The molecule has 0 aromatic carbocycles. The van der Waals surface area contributed by atoms with Gasteiger partial charge >= 0.3 is 0 Å². The number of nitrogens with zero attached hydrogens (tertiary/aromatic N) is 1. The minimum atomic E-state index is -0.645. The highest BCUT2D eigenvalue weighted by Gasteiger charge is 1.99. The summed E-state index contributed by atoms with van der Waals surface area (Å²) in [6.07, 6.45) is 0. The average Bonchev–Trinajstić information content (AvgIpc) is 1.95. The first-order valence-electron chi connectivity index (χ1n) is 2.74. The quantitative estimate of drug-likeness (QED) is 0.635. The fourth-order valence-electron chi connectivity index (χ4n) is 0.557. The first-order valence-corrected chi connectivity index (χ1v) is 3.11. The minimum Gasteiger partial charge on any atom is -0.373 e. The highest BCUT2D eigenvalue weighted by Crippen LogP contribution is 2.13. The lowest BCUT2D eigenvalue weighted by atomic mass is 10.4. The second-order valence-electron chi connectivity index (χ2n) is 1.72. The van der Waals surface area contributed by atoms with Gasteiger partial charge in [-0.2, -0.15) is 4.39 Å². The SMILES string of the molecule is CNc1ccc(Cl)c(F)n1. The summed E-state index contributed by atoms with van der Waals surface area (Å²) in [6, 6.07) is 3.06. The molecule has 0 aliphatic heterocycles.